The van der Waals surface area contributed by atoms with Gasteiger partial charge in [-0.25, -0.2) is 4.79 Å². The number of hydrogen-bond donors (Lipinski definition) is 3. The first-order chi connectivity index (χ1) is 10.8. The third-order valence-corrected chi connectivity index (χ3v) is 3.41. The summed E-state index contributed by atoms with van der Waals surface area (Å²) >= 11 is 0. The summed E-state index contributed by atoms with van der Waals surface area (Å²) in [5.74, 6) is -0.0338. The number of nitrogens with two attached hydrogens (primary N) is 1. The fourth-order valence-electron chi connectivity index (χ4n) is 1.55. The summed E-state index contributed by atoms with van der Waals surface area (Å²) in [6.07, 6.45) is 0.345. The Bertz CT molecular complexity index is 706. The number of hydrogen-bond acceptors (Lipinski definition) is 5. The summed E-state index contributed by atoms with van der Waals surface area (Å²) in [5, 5.41) is 0.951. The van der Waals surface area contributed by atoms with Crippen LogP contribution in [-0.4, -0.2) is 28.8 Å². The minimum Gasteiger partial charge on any atom is -0.423 e. The van der Waals surface area contributed by atoms with E-state index < -0.39 is 7.60 Å². The first-order valence-corrected chi connectivity index (χ1v) is 8.68. The quantitative estimate of drug-likeness (QED) is 0.571. The maximum absolute atomic E-state index is 10.7. The lowest BCUT2D eigenvalue weighted by molar-refractivity contribution is -0.117. The maximum atomic E-state index is 10.7. The Kier molecular flexibility index (Phi) is 10.0. The average Bonchev–Trinajstić information content (AvgIpc) is 2.48. The van der Waals surface area contributed by atoms with Crippen LogP contribution in [0.4, 0.5) is 0 Å². The molecule has 23 heavy (non-hydrogen) atoms. The van der Waals surface area contributed by atoms with Crippen LogP contribution in [0.25, 0.3) is 11.0 Å². The van der Waals surface area contributed by atoms with Gasteiger partial charge in [0.15, 0.2) is 0 Å². The summed E-state index contributed by atoms with van der Waals surface area (Å²) in [5.41, 5.74) is 4.84. The van der Waals surface area contributed by atoms with Crippen LogP contribution in [0.3, 0.4) is 0 Å². The van der Waals surface area contributed by atoms with Crippen LogP contribution in [0.1, 0.15) is 19.8 Å². The van der Waals surface area contributed by atoms with Crippen molar-refractivity contribution in [2.45, 2.75) is 19.8 Å². The van der Waals surface area contributed by atoms with Gasteiger partial charge in [-0.1, -0.05) is 18.2 Å². The molecule has 0 bridgehead atoms. The minimum absolute atomic E-state index is 0.0338. The standard InChI is InChI=1S/C9H6O2.C5H11O4P.CH5N/c10-9-6-5-7-3-1-2-4-8(7)11-9;1-5(6)3-2-4-10(7,8)9;1-2/h1-6H;2-4H2,1H3,(H2,7,8,9);2H2,1H3. The number of carbonyl (C=O) groups is 1. The molecule has 0 aliphatic rings. The van der Waals surface area contributed by atoms with Crippen LogP contribution in [0.15, 0.2) is 45.6 Å². The van der Waals surface area contributed by atoms with Crippen LogP contribution in [0.2, 0.25) is 0 Å². The smallest absolute Gasteiger partial charge is 0.336 e. The number of para-hydroxylation sites is 1. The van der Waals surface area contributed by atoms with E-state index in [1.165, 1.54) is 20.0 Å². The molecule has 0 aliphatic carbocycles. The van der Waals surface area contributed by atoms with E-state index in [1.54, 1.807) is 12.1 Å². The Hall–Kier alpha value is -1.79. The number of fused-ring (bicyclic) bond motifs is 1. The van der Waals surface area contributed by atoms with Gasteiger partial charge in [-0.15, -0.1) is 0 Å². The molecular formula is C15H22NO6P. The Morgan fingerprint density at radius 2 is 1.78 bits per heavy atom. The third kappa shape index (κ3) is 10.5. The van der Waals surface area contributed by atoms with Gasteiger partial charge in [0, 0.05) is 17.9 Å². The van der Waals surface area contributed by atoms with Crippen LogP contribution in [0, 0.1) is 0 Å². The van der Waals surface area contributed by atoms with E-state index >= 15 is 0 Å². The topological polar surface area (TPSA) is 131 Å². The van der Waals surface area contributed by atoms with Crippen molar-refractivity contribution in [3.05, 3.63) is 46.8 Å². The number of rotatable bonds is 4. The number of ketones is 1. The predicted octanol–water partition coefficient (Wildman–Crippen LogP) is 1.90. The second kappa shape index (κ2) is 10.9. The van der Waals surface area contributed by atoms with E-state index in [-0.39, 0.29) is 30.4 Å². The van der Waals surface area contributed by atoms with Crippen molar-refractivity contribution in [1.82, 2.24) is 0 Å². The molecule has 8 heteroatoms. The van der Waals surface area contributed by atoms with Gasteiger partial charge in [-0.2, -0.15) is 0 Å². The van der Waals surface area contributed by atoms with Gasteiger partial charge < -0.3 is 24.7 Å². The molecule has 1 heterocycles. The molecule has 7 nitrogen and oxygen atoms in total. The molecule has 2 aromatic rings. The van der Waals surface area contributed by atoms with E-state index in [9.17, 15) is 14.2 Å². The lowest BCUT2D eigenvalue weighted by Gasteiger charge is -2.00. The number of benzene rings is 1. The molecule has 0 unspecified atom stereocenters. The molecule has 128 valence electrons. The van der Waals surface area contributed by atoms with Crippen molar-refractivity contribution >= 4 is 24.3 Å². The van der Waals surface area contributed by atoms with Crippen LogP contribution in [-0.2, 0) is 9.36 Å². The molecule has 0 atom stereocenters. The van der Waals surface area contributed by atoms with Crippen molar-refractivity contribution < 1.29 is 23.6 Å². The Labute approximate surface area is 134 Å². The second-order valence-corrected chi connectivity index (χ2v) is 6.26. The summed E-state index contributed by atoms with van der Waals surface area (Å²) in [7, 11) is -2.37. The lowest BCUT2D eigenvalue weighted by Crippen LogP contribution is -1.93. The highest BCUT2D eigenvalue weighted by Crippen LogP contribution is 2.35. The van der Waals surface area contributed by atoms with Gasteiger partial charge in [0.1, 0.15) is 11.4 Å². The molecule has 0 aliphatic heterocycles. The van der Waals surface area contributed by atoms with Gasteiger partial charge in [-0.3, -0.25) is 4.57 Å². The fourth-order valence-corrected chi connectivity index (χ4v) is 2.12. The van der Waals surface area contributed by atoms with Gasteiger partial charge >= 0.3 is 13.2 Å². The van der Waals surface area contributed by atoms with Gasteiger partial charge in [0.2, 0.25) is 0 Å². The highest BCUT2D eigenvalue weighted by molar-refractivity contribution is 7.51. The van der Waals surface area contributed by atoms with Crippen molar-refractivity contribution in [3.8, 4) is 0 Å². The largest absolute Gasteiger partial charge is 0.423 e. The third-order valence-electron chi connectivity index (χ3n) is 2.51. The van der Waals surface area contributed by atoms with E-state index in [0.29, 0.717) is 5.58 Å². The van der Waals surface area contributed by atoms with E-state index in [4.69, 9.17) is 14.2 Å². The zero-order valence-electron chi connectivity index (χ0n) is 13.1. The summed E-state index contributed by atoms with van der Waals surface area (Å²) in [6.45, 7) is 1.40. The Morgan fingerprint density at radius 1 is 1.17 bits per heavy atom. The zero-order valence-corrected chi connectivity index (χ0v) is 14.0. The van der Waals surface area contributed by atoms with E-state index in [0.717, 1.165) is 5.39 Å². The predicted molar refractivity (Wildman–Crippen MR) is 89.4 cm³/mol. The fraction of sp³-hybridized carbons (Fsp3) is 0.333. The maximum Gasteiger partial charge on any atom is 0.336 e. The molecule has 0 radical (unpaired) electrons. The van der Waals surface area contributed by atoms with Crippen molar-refractivity contribution in [2.75, 3.05) is 13.2 Å². The van der Waals surface area contributed by atoms with E-state index in [2.05, 4.69) is 5.73 Å². The molecular weight excluding hydrogens is 321 g/mol. The van der Waals surface area contributed by atoms with Crippen molar-refractivity contribution in [3.63, 3.8) is 0 Å². The zero-order chi connectivity index (χ0) is 17.9. The first-order valence-electron chi connectivity index (χ1n) is 6.88. The average molecular weight is 343 g/mol. The highest BCUT2D eigenvalue weighted by atomic mass is 31.2. The summed E-state index contributed by atoms with van der Waals surface area (Å²) in [4.78, 5) is 37.7. The van der Waals surface area contributed by atoms with Crippen molar-refractivity contribution in [1.29, 1.82) is 0 Å². The molecule has 0 saturated heterocycles. The SMILES string of the molecule is CC(=O)CCCP(=O)(O)O.CN.O=c1ccc2ccccc2o1. The van der Waals surface area contributed by atoms with Crippen LogP contribution in [0.5, 0.6) is 0 Å². The van der Waals surface area contributed by atoms with E-state index in [1.807, 2.05) is 18.2 Å². The second-order valence-electron chi connectivity index (χ2n) is 4.49. The van der Waals surface area contributed by atoms with Crippen LogP contribution < -0.4 is 11.4 Å². The number of Topliss-reactive ketones (excluding diaryl/α,β-unsaturated/α-hetero) is 1. The summed E-state index contributed by atoms with van der Waals surface area (Å²) < 4.78 is 15.1. The Morgan fingerprint density at radius 3 is 2.35 bits per heavy atom. The molecule has 4 N–H and O–H groups in total. The normalized spacial score (nSPS) is 10.1. The molecule has 0 saturated carbocycles. The minimum atomic E-state index is -3.87. The summed E-state index contributed by atoms with van der Waals surface area (Å²) in [6, 6.07) is 10.6. The Balaban J connectivity index is 0.000000383. The molecule has 1 aromatic heterocycles. The first kappa shape index (κ1) is 21.2. The highest BCUT2D eigenvalue weighted by Gasteiger charge is 2.11. The molecule has 0 amide bonds. The van der Waals surface area contributed by atoms with Crippen LogP contribution >= 0.6 is 7.60 Å². The number of carbonyl (C=O) groups excluding carboxylic acids is 1. The van der Waals surface area contributed by atoms with Crippen molar-refractivity contribution in [2.24, 2.45) is 5.73 Å². The molecule has 1 aromatic carbocycles. The van der Waals surface area contributed by atoms with Gasteiger partial charge in [0.05, 0.1) is 6.16 Å². The molecule has 0 fully saturated rings. The van der Waals surface area contributed by atoms with Gasteiger partial charge in [-0.05, 0) is 32.5 Å². The molecule has 2 rings (SSSR count). The molecule has 0 spiro atoms. The van der Waals surface area contributed by atoms with Gasteiger partial charge in [0.25, 0.3) is 0 Å². The monoisotopic (exact) mass is 343 g/mol. The lowest BCUT2D eigenvalue weighted by atomic mass is 10.2.